The Hall–Kier alpha value is -2.54. The molecule has 0 aliphatic heterocycles. The maximum Gasteiger partial charge on any atom is 0.276 e. The molecule has 1 aromatic carbocycles. The largest absolute Gasteiger partial charge is 0.346 e. The second-order valence-corrected chi connectivity index (χ2v) is 6.01. The average molecular weight is 330 g/mol. The summed E-state index contributed by atoms with van der Waals surface area (Å²) in [5, 5.41) is 6.85. The van der Waals surface area contributed by atoms with Crippen LogP contribution in [0.5, 0.6) is 0 Å². The highest BCUT2D eigenvalue weighted by Crippen LogP contribution is 2.32. The molecule has 1 atom stereocenters. The monoisotopic (exact) mass is 330 g/mol. The third-order valence-corrected chi connectivity index (χ3v) is 4.16. The van der Waals surface area contributed by atoms with Gasteiger partial charge in [-0.05, 0) is 37.8 Å². The van der Waals surface area contributed by atoms with Gasteiger partial charge in [-0.3, -0.25) is 9.59 Å². The summed E-state index contributed by atoms with van der Waals surface area (Å²) in [6.45, 7) is 1.94. The predicted molar refractivity (Wildman–Crippen MR) is 87.6 cm³/mol. The Morgan fingerprint density at radius 1 is 1.46 bits per heavy atom. The van der Waals surface area contributed by atoms with Crippen LogP contribution in [0, 0.1) is 18.7 Å². The van der Waals surface area contributed by atoms with Gasteiger partial charge in [0, 0.05) is 24.3 Å². The number of nitrogens with zero attached hydrogens (tertiary/aromatic N) is 2. The van der Waals surface area contributed by atoms with E-state index in [2.05, 4.69) is 10.4 Å². The van der Waals surface area contributed by atoms with Gasteiger partial charge in [0.05, 0.1) is 0 Å². The van der Waals surface area contributed by atoms with Gasteiger partial charge in [-0.25, -0.2) is 9.07 Å². The number of carbonyl (C=O) groups excluding carboxylic acids is 1. The van der Waals surface area contributed by atoms with Crippen molar-refractivity contribution >= 4 is 5.91 Å². The van der Waals surface area contributed by atoms with Crippen LogP contribution in [-0.2, 0) is 0 Å². The minimum Gasteiger partial charge on any atom is -0.346 e. The number of benzene rings is 1. The lowest BCUT2D eigenvalue weighted by Crippen LogP contribution is -2.44. The van der Waals surface area contributed by atoms with Crippen molar-refractivity contribution in [1.29, 1.82) is 0 Å². The number of aryl methyl sites for hydroxylation is 1. The first-order valence-electron chi connectivity index (χ1n) is 7.88. The molecule has 1 saturated carbocycles. The lowest BCUT2D eigenvalue weighted by atomic mass is 10.2. The van der Waals surface area contributed by atoms with Gasteiger partial charge in [-0.15, -0.1) is 0 Å². The van der Waals surface area contributed by atoms with E-state index in [-0.39, 0.29) is 17.4 Å². The van der Waals surface area contributed by atoms with E-state index in [0.29, 0.717) is 18.2 Å². The standard InChI is InChI=1S/C17H19FN4O2/c1-10-8-15(23)16(17(24)20-13(9-19)11-6-7-11)21-22(10)14-5-3-2-4-12(14)18/h2-5,8,11,13H,6-7,9,19H2,1H3,(H,20,24). The molecule has 126 valence electrons. The van der Waals surface area contributed by atoms with Crippen molar-refractivity contribution in [2.75, 3.05) is 6.54 Å². The Bertz CT molecular complexity index is 830. The van der Waals surface area contributed by atoms with Gasteiger partial charge in [0.15, 0.2) is 5.69 Å². The summed E-state index contributed by atoms with van der Waals surface area (Å²) >= 11 is 0. The molecule has 1 amide bonds. The van der Waals surface area contributed by atoms with Crippen LogP contribution in [0.4, 0.5) is 4.39 Å². The SMILES string of the molecule is Cc1cc(=O)c(C(=O)NC(CN)C2CC2)nn1-c1ccccc1F. The Morgan fingerprint density at radius 2 is 2.17 bits per heavy atom. The smallest absolute Gasteiger partial charge is 0.276 e. The summed E-state index contributed by atoms with van der Waals surface area (Å²) in [7, 11) is 0. The van der Waals surface area contributed by atoms with E-state index in [9.17, 15) is 14.0 Å². The van der Waals surface area contributed by atoms with Crippen LogP contribution in [0.1, 0.15) is 29.0 Å². The third kappa shape index (κ3) is 3.21. The van der Waals surface area contributed by atoms with E-state index < -0.39 is 17.2 Å². The van der Waals surface area contributed by atoms with Gasteiger partial charge in [-0.2, -0.15) is 5.10 Å². The molecule has 7 heteroatoms. The molecule has 0 bridgehead atoms. The van der Waals surface area contributed by atoms with Crippen molar-refractivity contribution < 1.29 is 9.18 Å². The Kier molecular flexibility index (Phi) is 4.44. The summed E-state index contributed by atoms with van der Waals surface area (Å²) in [5.74, 6) is -0.702. The number of rotatable bonds is 5. The fourth-order valence-corrected chi connectivity index (χ4v) is 2.68. The minimum absolute atomic E-state index is 0.165. The zero-order valence-electron chi connectivity index (χ0n) is 13.3. The molecule has 3 rings (SSSR count). The zero-order valence-corrected chi connectivity index (χ0v) is 13.3. The fourth-order valence-electron chi connectivity index (χ4n) is 2.68. The molecule has 1 fully saturated rings. The molecule has 24 heavy (non-hydrogen) atoms. The van der Waals surface area contributed by atoms with E-state index in [1.807, 2.05) is 0 Å². The molecule has 2 aromatic rings. The molecule has 1 unspecified atom stereocenters. The van der Waals surface area contributed by atoms with Gasteiger partial charge in [0.1, 0.15) is 11.5 Å². The minimum atomic E-state index is -0.576. The van der Waals surface area contributed by atoms with Gasteiger partial charge >= 0.3 is 0 Å². The van der Waals surface area contributed by atoms with Gasteiger partial charge in [0.2, 0.25) is 5.43 Å². The molecule has 0 radical (unpaired) electrons. The molecule has 1 aromatic heterocycles. The van der Waals surface area contributed by atoms with Crippen LogP contribution in [0.25, 0.3) is 5.69 Å². The normalized spacial score (nSPS) is 15.1. The summed E-state index contributed by atoms with van der Waals surface area (Å²) in [5.41, 5.74) is 5.54. The van der Waals surface area contributed by atoms with E-state index in [1.54, 1.807) is 19.1 Å². The number of amides is 1. The van der Waals surface area contributed by atoms with Gasteiger partial charge < -0.3 is 11.1 Å². The number of hydrogen-bond donors (Lipinski definition) is 2. The van der Waals surface area contributed by atoms with Crippen molar-refractivity contribution in [3.63, 3.8) is 0 Å². The first kappa shape index (κ1) is 16.3. The number of hydrogen-bond acceptors (Lipinski definition) is 4. The topological polar surface area (TPSA) is 90.0 Å². The van der Waals surface area contributed by atoms with Crippen molar-refractivity contribution in [2.24, 2.45) is 11.7 Å². The lowest BCUT2D eigenvalue weighted by Gasteiger charge is -2.16. The first-order valence-corrected chi connectivity index (χ1v) is 7.88. The highest BCUT2D eigenvalue weighted by Gasteiger charge is 2.32. The van der Waals surface area contributed by atoms with Gasteiger partial charge in [0.25, 0.3) is 5.91 Å². The number of nitrogens with one attached hydrogen (secondary N) is 1. The van der Waals surface area contributed by atoms with Crippen LogP contribution < -0.4 is 16.5 Å². The molecule has 1 aliphatic carbocycles. The average Bonchev–Trinajstić information content (AvgIpc) is 3.38. The van der Waals surface area contributed by atoms with Crippen LogP contribution in [0.2, 0.25) is 0 Å². The van der Waals surface area contributed by atoms with Crippen LogP contribution in [0.15, 0.2) is 35.1 Å². The fraction of sp³-hybridized carbons (Fsp3) is 0.353. The summed E-state index contributed by atoms with van der Waals surface area (Å²) in [6.07, 6.45) is 2.03. The van der Waals surface area contributed by atoms with Crippen molar-refractivity contribution in [3.05, 3.63) is 57.8 Å². The van der Waals surface area contributed by atoms with E-state index in [1.165, 1.54) is 22.9 Å². The van der Waals surface area contributed by atoms with Crippen molar-refractivity contribution in [3.8, 4) is 5.69 Å². The summed E-state index contributed by atoms with van der Waals surface area (Å²) in [4.78, 5) is 24.6. The Morgan fingerprint density at radius 3 is 2.79 bits per heavy atom. The summed E-state index contributed by atoms with van der Waals surface area (Å²) < 4.78 is 15.3. The molecular weight excluding hydrogens is 311 g/mol. The summed E-state index contributed by atoms with van der Waals surface area (Å²) in [6, 6.07) is 7.17. The van der Waals surface area contributed by atoms with Crippen LogP contribution >= 0.6 is 0 Å². The Balaban J connectivity index is 1.96. The molecule has 1 aliphatic rings. The first-order chi connectivity index (χ1) is 11.5. The van der Waals surface area contributed by atoms with Gasteiger partial charge in [-0.1, -0.05) is 12.1 Å². The second-order valence-electron chi connectivity index (χ2n) is 6.01. The number of para-hydroxylation sites is 1. The molecule has 0 saturated heterocycles. The highest BCUT2D eigenvalue weighted by atomic mass is 19.1. The van der Waals surface area contributed by atoms with Crippen LogP contribution in [-0.4, -0.2) is 28.3 Å². The highest BCUT2D eigenvalue weighted by molar-refractivity contribution is 5.92. The maximum absolute atomic E-state index is 14.0. The Labute approximate surface area is 138 Å². The van der Waals surface area contributed by atoms with E-state index in [0.717, 1.165) is 12.8 Å². The van der Waals surface area contributed by atoms with Crippen molar-refractivity contribution in [2.45, 2.75) is 25.8 Å². The van der Waals surface area contributed by atoms with Crippen molar-refractivity contribution in [1.82, 2.24) is 15.1 Å². The number of halogens is 1. The quantitative estimate of drug-likeness (QED) is 0.860. The molecular formula is C17H19FN4O2. The molecule has 0 spiro atoms. The molecule has 3 N–H and O–H groups in total. The molecule has 6 nitrogen and oxygen atoms in total. The third-order valence-electron chi connectivity index (χ3n) is 4.16. The second kappa shape index (κ2) is 6.52. The molecule has 1 heterocycles. The van der Waals surface area contributed by atoms with E-state index in [4.69, 9.17) is 5.73 Å². The maximum atomic E-state index is 14.0. The lowest BCUT2D eigenvalue weighted by molar-refractivity contribution is 0.0925. The number of carbonyl (C=O) groups is 1. The van der Waals surface area contributed by atoms with E-state index >= 15 is 0 Å². The number of aromatic nitrogens is 2. The zero-order chi connectivity index (χ0) is 17.3. The predicted octanol–water partition coefficient (Wildman–Crippen LogP) is 1.15. The van der Waals surface area contributed by atoms with Crippen LogP contribution in [0.3, 0.4) is 0 Å². The number of nitrogens with two attached hydrogens (primary N) is 1.